The molecule has 2 aromatic carbocycles. The second kappa shape index (κ2) is 7.29. The van der Waals surface area contributed by atoms with Crippen molar-refractivity contribution in [2.45, 2.75) is 19.0 Å². The van der Waals surface area contributed by atoms with Crippen LogP contribution in [0.25, 0.3) is 0 Å². The average Bonchev–Trinajstić information content (AvgIpc) is 2.87. The number of carbonyl (C=O) groups is 2. The molecule has 1 fully saturated rings. The number of methoxy groups -OCH3 is 2. The molecule has 1 aliphatic heterocycles. The van der Waals surface area contributed by atoms with Crippen molar-refractivity contribution >= 4 is 35.1 Å². The van der Waals surface area contributed by atoms with Gasteiger partial charge in [0, 0.05) is 15.6 Å². The maximum atomic E-state index is 13.1. The standard InChI is InChI=1S/C19H18Cl2N2O4/c1-19(11-7-8-15(26-2)16(9-11)27-3)17(24)23(18(25)22-19)10-12-13(20)5-4-6-14(12)21/h4-9H,10H2,1-3H3,(H,22,25)/t19-/m0/s1. The maximum absolute atomic E-state index is 13.1. The minimum absolute atomic E-state index is 0.0218. The van der Waals surface area contributed by atoms with E-state index in [9.17, 15) is 9.59 Å². The summed E-state index contributed by atoms with van der Waals surface area (Å²) < 4.78 is 10.5. The molecule has 1 aliphatic rings. The number of carbonyl (C=O) groups excluding carboxylic acids is 2. The number of urea groups is 1. The molecule has 142 valence electrons. The molecular formula is C19H18Cl2N2O4. The Labute approximate surface area is 167 Å². The molecule has 3 amide bonds. The Morgan fingerprint density at radius 2 is 1.67 bits per heavy atom. The monoisotopic (exact) mass is 408 g/mol. The number of benzene rings is 2. The average molecular weight is 409 g/mol. The van der Waals surface area contributed by atoms with Gasteiger partial charge in [-0.05, 0) is 36.8 Å². The van der Waals surface area contributed by atoms with Crippen LogP contribution in [0.3, 0.4) is 0 Å². The first kappa shape index (κ1) is 19.3. The predicted octanol–water partition coefficient (Wildman–Crippen LogP) is 3.98. The van der Waals surface area contributed by atoms with Crippen molar-refractivity contribution < 1.29 is 19.1 Å². The Kier molecular flexibility index (Phi) is 5.22. The molecule has 0 bridgehead atoms. The lowest BCUT2D eigenvalue weighted by Crippen LogP contribution is -2.40. The number of imide groups is 1. The largest absolute Gasteiger partial charge is 0.493 e. The minimum atomic E-state index is -1.25. The predicted molar refractivity (Wildman–Crippen MR) is 102 cm³/mol. The fourth-order valence-corrected chi connectivity index (χ4v) is 3.54. The Bertz CT molecular complexity index is 898. The van der Waals surface area contributed by atoms with Crippen molar-refractivity contribution in [1.82, 2.24) is 10.2 Å². The molecule has 8 heteroatoms. The highest BCUT2D eigenvalue weighted by molar-refractivity contribution is 6.36. The SMILES string of the molecule is COc1ccc([C@]2(C)NC(=O)N(Cc3c(Cl)cccc3Cl)C2=O)cc1OC. The summed E-state index contributed by atoms with van der Waals surface area (Å²) in [6.07, 6.45) is 0. The fourth-order valence-electron chi connectivity index (χ4n) is 3.02. The van der Waals surface area contributed by atoms with Crippen molar-refractivity contribution in [3.8, 4) is 11.5 Å². The van der Waals surface area contributed by atoms with Gasteiger partial charge in [-0.2, -0.15) is 0 Å². The molecule has 1 heterocycles. The zero-order valence-electron chi connectivity index (χ0n) is 15.0. The van der Waals surface area contributed by atoms with E-state index in [1.807, 2.05) is 0 Å². The molecule has 1 atom stereocenters. The molecule has 0 aliphatic carbocycles. The van der Waals surface area contributed by atoms with E-state index in [-0.39, 0.29) is 6.54 Å². The molecule has 0 aromatic heterocycles. The number of rotatable bonds is 5. The molecule has 0 radical (unpaired) electrons. The number of hydrogen-bond donors (Lipinski definition) is 1. The van der Waals surface area contributed by atoms with Crippen LogP contribution in [0, 0.1) is 0 Å². The third-order valence-corrected chi connectivity index (χ3v) is 5.32. The first-order chi connectivity index (χ1) is 12.8. The minimum Gasteiger partial charge on any atom is -0.493 e. The number of amides is 3. The molecule has 2 aromatic rings. The molecule has 3 rings (SSSR count). The zero-order valence-corrected chi connectivity index (χ0v) is 16.5. The van der Waals surface area contributed by atoms with E-state index in [1.54, 1.807) is 43.3 Å². The van der Waals surface area contributed by atoms with E-state index >= 15 is 0 Å². The van der Waals surface area contributed by atoms with Crippen molar-refractivity contribution in [3.05, 3.63) is 57.6 Å². The third kappa shape index (κ3) is 3.31. The van der Waals surface area contributed by atoms with Crippen LogP contribution >= 0.6 is 23.2 Å². The number of hydrogen-bond acceptors (Lipinski definition) is 4. The second-order valence-corrected chi connectivity index (χ2v) is 7.03. The lowest BCUT2D eigenvalue weighted by atomic mass is 9.91. The van der Waals surface area contributed by atoms with Gasteiger partial charge in [-0.15, -0.1) is 0 Å². The Morgan fingerprint density at radius 3 is 2.26 bits per heavy atom. The van der Waals surface area contributed by atoms with Crippen LogP contribution in [0.1, 0.15) is 18.1 Å². The van der Waals surface area contributed by atoms with Gasteiger partial charge in [-0.1, -0.05) is 35.3 Å². The van der Waals surface area contributed by atoms with Gasteiger partial charge in [0.25, 0.3) is 5.91 Å². The summed E-state index contributed by atoms with van der Waals surface area (Å²) in [5.74, 6) is 0.586. The lowest BCUT2D eigenvalue weighted by molar-refractivity contribution is -0.131. The molecule has 0 spiro atoms. The highest BCUT2D eigenvalue weighted by atomic mass is 35.5. The lowest BCUT2D eigenvalue weighted by Gasteiger charge is -2.23. The quantitative estimate of drug-likeness (QED) is 0.759. The van der Waals surface area contributed by atoms with Gasteiger partial charge in [0.1, 0.15) is 5.54 Å². The van der Waals surface area contributed by atoms with Crippen LogP contribution in [-0.2, 0) is 16.9 Å². The third-order valence-electron chi connectivity index (χ3n) is 4.61. The summed E-state index contributed by atoms with van der Waals surface area (Å²) in [6.45, 7) is 1.62. The number of ether oxygens (including phenoxy) is 2. The van der Waals surface area contributed by atoms with Crippen LogP contribution in [0.15, 0.2) is 36.4 Å². The fraction of sp³-hybridized carbons (Fsp3) is 0.263. The van der Waals surface area contributed by atoms with Crippen LogP contribution in [0.5, 0.6) is 11.5 Å². The van der Waals surface area contributed by atoms with Gasteiger partial charge in [0.15, 0.2) is 11.5 Å². The van der Waals surface area contributed by atoms with Crippen LogP contribution in [0.2, 0.25) is 10.0 Å². The number of nitrogens with one attached hydrogen (secondary N) is 1. The Balaban J connectivity index is 1.95. The molecular weight excluding hydrogens is 391 g/mol. The van der Waals surface area contributed by atoms with Gasteiger partial charge in [0.05, 0.1) is 20.8 Å². The molecule has 0 unspecified atom stereocenters. The molecule has 6 nitrogen and oxygen atoms in total. The van der Waals surface area contributed by atoms with Gasteiger partial charge in [-0.25, -0.2) is 4.79 Å². The smallest absolute Gasteiger partial charge is 0.325 e. The van der Waals surface area contributed by atoms with E-state index in [1.165, 1.54) is 14.2 Å². The van der Waals surface area contributed by atoms with E-state index in [2.05, 4.69) is 5.32 Å². The Morgan fingerprint density at radius 1 is 1.04 bits per heavy atom. The number of halogens is 2. The van der Waals surface area contributed by atoms with E-state index in [0.717, 1.165) is 4.90 Å². The summed E-state index contributed by atoms with van der Waals surface area (Å²) in [5.41, 5.74) is -0.156. The van der Waals surface area contributed by atoms with Crippen LogP contribution < -0.4 is 14.8 Å². The van der Waals surface area contributed by atoms with Crippen LogP contribution in [-0.4, -0.2) is 31.1 Å². The summed E-state index contributed by atoms with van der Waals surface area (Å²) in [6, 6.07) is 9.58. The summed E-state index contributed by atoms with van der Waals surface area (Å²) >= 11 is 12.4. The molecule has 1 N–H and O–H groups in total. The van der Waals surface area contributed by atoms with Gasteiger partial charge >= 0.3 is 6.03 Å². The van der Waals surface area contributed by atoms with Crippen molar-refractivity contribution in [2.24, 2.45) is 0 Å². The van der Waals surface area contributed by atoms with Crippen LogP contribution in [0.4, 0.5) is 4.79 Å². The normalized spacial score (nSPS) is 19.2. The summed E-state index contributed by atoms with van der Waals surface area (Å²) in [7, 11) is 3.03. The Hall–Kier alpha value is -2.44. The topological polar surface area (TPSA) is 67.9 Å². The first-order valence-electron chi connectivity index (χ1n) is 8.11. The highest BCUT2D eigenvalue weighted by Crippen LogP contribution is 2.36. The van der Waals surface area contributed by atoms with Gasteiger partial charge in [-0.3, -0.25) is 9.69 Å². The molecule has 0 saturated carbocycles. The maximum Gasteiger partial charge on any atom is 0.325 e. The van der Waals surface area contributed by atoms with E-state index in [0.29, 0.717) is 32.7 Å². The summed E-state index contributed by atoms with van der Waals surface area (Å²) in [5, 5.41) is 3.53. The van der Waals surface area contributed by atoms with Crippen molar-refractivity contribution in [2.75, 3.05) is 14.2 Å². The van der Waals surface area contributed by atoms with E-state index in [4.69, 9.17) is 32.7 Å². The molecule has 27 heavy (non-hydrogen) atoms. The van der Waals surface area contributed by atoms with Gasteiger partial charge in [0.2, 0.25) is 0 Å². The number of nitrogens with zero attached hydrogens (tertiary/aromatic N) is 1. The zero-order chi connectivity index (χ0) is 19.8. The summed E-state index contributed by atoms with van der Waals surface area (Å²) in [4.78, 5) is 26.7. The first-order valence-corrected chi connectivity index (χ1v) is 8.87. The second-order valence-electron chi connectivity index (χ2n) is 6.22. The highest BCUT2D eigenvalue weighted by Gasteiger charge is 2.49. The molecule has 1 saturated heterocycles. The van der Waals surface area contributed by atoms with Crippen molar-refractivity contribution in [3.63, 3.8) is 0 Å². The van der Waals surface area contributed by atoms with Crippen molar-refractivity contribution in [1.29, 1.82) is 0 Å². The van der Waals surface area contributed by atoms with E-state index < -0.39 is 17.5 Å². The van der Waals surface area contributed by atoms with Gasteiger partial charge < -0.3 is 14.8 Å².